The molecule has 0 saturated carbocycles. The number of allylic oxidation sites excluding steroid dienone is 1. The molecular weight excluding hydrogens is 743 g/mol. The van der Waals surface area contributed by atoms with E-state index in [-0.39, 0.29) is 0 Å². The van der Waals surface area contributed by atoms with Crippen molar-refractivity contribution in [2.75, 3.05) is 0 Å². The molecule has 1 aliphatic rings. The molecule has 0 nitrogen and oxygen atoms in total. The molecule has 0 radical (unpaired) electrons. The summed E-state index contributed by atoms with van der Waals surface area (Å²) in [5, 5.41) is -10.4. The van der Waals surface area contributed by atoms with Crippen molar-refractivity contribution in [1.29, 1.82) is 0 Å². The number of hydrogen-bond acceptors (Lipinski definition) is 0. The number of benzene rings is 5. The first kappa shape index (κ1) is 32.5. The molecule has 0 heterocycles. The minimum absolute atomic E-state index is 1.11. The third kappa shape index (κ3) is 3.72. The van der Waals surface area contributed by atoms with Crippen LogP contribution in [0, 0.1) is 69.8 Å². The van der Waals surface area contributed by atoms with Gasteiger partial charge in [-0.25, -0.2) is 0 Å². The van der Waals surface area contributed by atoms with Crippen LogP contribution in [0.25, 0.3) is 38.1 Å². The summed E-state index contributed by atoms with van der Waals surface area (Å²) in [6, 6.07) is 0. The van der Waals surface area contributed by atoms with Crippen molar-refractivity contribution >= 4 is 67.4 Å². The summed E-state index contributed by atoms with van der Waals surface area (Å²) in [4.78, 5) is 0. The molecule has 18 heteroatoms. The van der Waals surface area contributed by atoms with Gasteiger partial charge in [-0.05, 0) is 0 Å². The number of alkyl halides is 2. The van der Waals surface area contributed by atoms with E-state index in [1.54, 1.807) is 0 Å². The van der Waals surface area contributed by atoms with Gasteiger partial charge in [-0.2, -0.15) is 0 Å². The van der Waals surface area contributed by atoms with Crippen LogP contribution in [0.2, 0.25) is 19.6 Å². The van der Waals surface area contributed by atoms with E-state index in [0.717, 1.165) is 19.6 Å². The average molecular weight is 752 g/mol. The van der Waals surface area contributed by atoms with Crippen LogP contribution in [-0.2, 0) is 5.92 Å². The van der Waals surface area contributed by atoms with Crippen molar-refractivity contribution in [2.45, 2.75) is 25.6 Å². The Morgan fingerprint density at radius 1 is 0.413 bits per heavy atom. The van der Waals surface area contributed by atoms with E-state index in [4.69, 9.17) is 0 Å². The number of fused-ring (bicyclic) bond motifs is 1. The Morgan fingerprint density at radius 3 is 1.24 bits per heavy atom. The summed E-state index contributed by atoms with van der Waals surface area (Å²) < 4.78 is 238. The maximum atomic E-state index is 16.1. The van der Waals surface area contributed by atoms with Crippen molar-refractivity contribution in [1.82, 2.24) is 0 Å². The molecule has 1 aliphatic carbocycles. The van der Waals surface area contributed by atoms with Gasteiger partial charge in [0.1, 0.15) is 0 Å². The SMILES string of the molecule is C[Si](C)(C)[As](c1c(F)c(F)c2c(c1F)C(F)=C(F)C2(F)F)c1c(F)c(F)c2c(F)c(F)c3c(F)c(F)c(F)c4c(F)c(F)c1c2c34. The Kier molecular flexibility index (Phi) is 6.90. The molecule has 1 atom stereocenters. The molecule has 0 bridgehead atoms. The van der Waals surface area contributed by atoms with Gasteiger partial charge in [0.15, 0.2) is 0 Å². The summed E-state index contributed by atoms with van der Waals surface area (Å²) in [6.45, 7) is -0.495. The molecular formula is C28H9AsF16Si. The molecule has 46 heavy (non-hydrogen) atoms. The van der Waals surface area contributed by atoms with E-state index in [2.05, 4.69) is 0 Å². The molecule has 0 spiro atoms. The predicted octanol–water partition coefficient (Wildman–Crippen LogP) is 8.99. The van der Waals surface area contributed by atoms with E-state index < -0.39 is 160 Å². The maximum absolute atomic E-state index is 16.1. The van der Waals surface area contributed by atoms with Crippen LogP contribution in [-0.4, -0.2) is 20.5 Å². The topological polar surface area (TPSA) is 0 Å². The van der Waals surface area contributed by atoms with Crippen molar-refractivity contribution in [2.24, 2.45) is 0 Å². The van der Waals surface area contributed by atoms with Gasteiger partial charge < -0.3 is 0 Å². The fraction of sp³-hybridized carbons (Fsp3) is 0.143. The van der Waals surface area contributed by atoms with Crippen LogP contribution < -0.4 is 8.70 Å². The number of halogens is 16. The predicted molar refractivity (Wildman–Crippen MR) is 137 cm³/mol. The molecule has 0 N–H and O–H groups in total. The molecule has 242 valence electrons. The van der Waals surface area contributed by atoms with Gasteiger partial charge in [-0.3, -0.25) is 0 Å². The second-order valence-corrected chi connectivity index (χ2v) is 29.6. The zero-order chi connectivity index (χ0) is 34.4. The number of hydrogen-bond donors (Lipinski definition) is 0. The quantitative estimate of drug-likeness (QED) is 0.0568. The zero-order valence-electron chi connectivity index (χ0n) is 22.5. The van der Waals surface area contributed by atoms with E-state index in [9.17, 15) is 30.7 Å². The van der Waals surface area contributed by atoms with Crippen molar-refractivity contribution in [3.63, 3.8) is 0 Å². The third-order valence-electron chi connectivity index (χ3n) is 7.61. The van der Waals surface area contributed by atoms with Crippen LogP contribution in [0.4, 0.5) is 70.2 Å². The molecule has 0 aromatic heterocycles. The number of rotatable bonds is 3. The van der Waals surface area contributed by atoms with Gasteiger partial charge in [0, 0.05) is 0 Å². The van der Waals surface area contributed by atoms with Crippen molar-refractivity contribution in [3.8, 4) is 0 Å². The van der Waals surface area contributed by atoms with E-state index in [1.807, 2.05) is 0 Å². The molecule has 0 aliphatic heterocycles. The summed E-state index contributed by atoms with van der Waals surface area (Å²) >= 11 is -4.83. The molecule has 5 aromatic carbocycles. The van der Waals surface area contributed by atoms with E-state index in [0.29, 0.717) is 0 Å². The van der Waals surface area contributed by atoms with Gasteiger partial charge in [0.2, 0.25) is 0 Å². The van der Waals surface area contributed by atoms with E-state index in [1.165, 1.54) is 0 Å². The van der Waals surface area contributed by atoms with Crippen LogP contribution >= 0.6 is 0 Å². The summed E-state index contributed by atoms with van der Waals surface area (Å²) in [7, 11) is 0. The molecule has 6 rings (SSSR count). The minimum atomic E-state index is -5.23. The monoisotopic (exact) mass is 752 g/mol. The first-order valence-electron chi connectivity index (χ1n) is 12.4. The average Bonchev–Trinajstić information content (AvgIpc) is 3.15. The fourth-order valence-electron chi connectivity index (χ4n) is 5.80. The Hall–Kier alpha value is -3.46. The Morgan fingerprint density at radius 2 is 0.783 bits per heavy atom. The Labute approximate surface area is 249 Å². The van der Waals surface area contributed by atoms with Crippen molar-refractivity contribution in [3.05, 3.63) is 86.8 Å². The molecule has 0 amide bonds. The first-order chi connectivity index (χ1) is 21.1. The van der Waals surface area contributed by atoms with Crippen LogP contribution in [0.5, 0.6) is 0 Å². The Balaban J connectivity index is 1.92. The van der Waals surface area contributed by atoms with Gasteiger partial charge >= 0.3 is 250 Å². The van der Waals surface area contributed by atoms with E-state index >= 15 is 39.5 Å². The third-order valence-corrected chi connectivity index (χ3v) is 23.3. The zero-order valence-corrected chi connectivity index (χ0v) is 25.4. The molecule has 1 unspecified atom stereocenters. The normalized spacial score (nSPS) is 15.7. The van der Waals surface area contributed by atoms with Gasteiger partial charge in [-0.15, -0.1) is 0 Å². The summed E-state index contributed by atoms with van der Waals surface area (Å²) in [6.07, 6.45) is 0. The fourth-order valence-corrected chi connectivity index (χ4v) is 21.0. The second kappa shape index (κ2) is 9.78. The van der Waals surface area contributed by atoms with Gasteiger partial charge in [0.05, 0.1) is 0 Å². The first-order valence-corrected chi connectivity index (χ1v) is 20.6. The molecule has 0 saturated heterocycles. The van der Waals surface area contributed by atoms with Crippen LogP contribution in [0.15, 0.2) is 5.83 Å². The molecule has 0 fully saturated rings. The summed E-state index contributed by atoms with van der Waals surface area (Å²) in [5.74, 6) is -41.2. The second-order valence-electron chi connectivity index (χ2n) is 11.2. The van der Waals surface area contributed by atoms with Crippen LogP contribution in [0.1, 0.15) is 11.1 Å². The van der Waals surface area contributed by atoms with Crippen molar-refractivity contribution < 1.29 is 70.2 Å². The standard InChI is InChI=1S/C28H9AsF16Si/c1-46(2,3)29(13-14(30)10-11(23(39)25(13)41)28(44,45)27(43)22(10)38)12-6-4-5-8(16(32)15(6)31)20(36)26(42)21(37)9(5)18(34)17(33)7(4)19(35)24(12)40/h1-3H3. The molecule has 5 aromatic rings. The summed E-state index contributed by atoms with van der Waals surface area (Å²) in [5.41, 5.74) is -4.55. The van der Waals surface area contributed by atoms with Crippen LogP contribution in [0.3, 0.4) is 0 Å². The Bertz CT molecular complexity index is 2250. The van der Waals surface area contributed by atoms with Gasteiger partial charge in [-0.1, -0.05) is 0 Å². The van der Waals surface area contributed by atoms with Gasteiger partial charge in [0.25, 0.3) is 0 Å².